The van der Waals surface area contributed by atoms with Crippen molar-refractivity contribution in [1.29, 1.82) is 0 Å². The summed E-state index contributed by atoms with van der Waals surface area (Å²) in [4.78, 5) is 26.1. The van der Waals surface area contributed by atoms with E-state index in [1.165, 1.54) is 38.5 Å². The second kappa shape index (κ2) is 7.78. The molecule has 9 nitrogen and oxygen atoms in total. The molecule has 0 radical (unpaired) electrons. The molecule has 0 aromatic carbocycles. The second-order valence-corrected chi connectivity index (χ2v) is 10.6. The van der Waals surface area contributed by atoms with Crippen LogP contribution in [-0.2, 0) is 9.53 Å². The fourth-order valence-electron chi connectivity index (χ4n) is 6.36. The first kappa shape index (κ1) is 21.6. The van der Waals surface area contributed by atoms with Gasteiger partial charge < -0.3 is 24.8 Å². The molecule has 2 heterocycles. The highest BCUT2D eigenvalue weighted by Crippen LogP contribution is 2.68. The molecule has 0 spiro atoms. The molecule has 0 bridgehead atoms. The zero-order chi connectivity index (χ0) is 22.9. The molecule has 178 valence electrons. The highest BCUT2D eigenvalue weighted by Gasteiger charge is 2.76. The number of aromatic nitrogens is 4. The summed E-state index contributed by atoms with van der Waals surface area (Å²) in [6, 6.07) is -0.187. The van der Waals surface area contributed by atoms with Crippen LogP contribution in [0.25, 0.3) is 11.2 Å². The topological polar surface area (TPSA) is 122 Å². The Hall–Kier alpha value is -1.97. The van der Waals surface area contributed by atoms with Crippen molar-refractivity contribution in [1.82, 2.24) is 19.5 Å². The lowest BCUT2D eigenvalue weighted by molar-refractivity contribution is -0.156. The van der Waals surface area contributed by atoms with E-state index in [2.05, 4.69) is 20.3 Å². The summed E-state index contributed by atoms with van der Waals surface area (Å²) in [6.45, 7) is 1.97. The summed E-state index contributed by atoms with van der Waals surface area (Å²) in [7, 11) is 0. The molecule has 10 heteroatoms. The first-order chi connectivity index (χ1) is 16.0. The lowest BCUT2D eigenvalue weighted by Gasteiger charge is -2.43. The van der Waals surface area contributed by atoms with Crippen LogP contribution in [0.1, 0.15) is 57.9 Å². The Kier molecular flexibility index (Phi) is 5.08. The standard InChI is InChI=1S/C23H30ClN5O4/c1-2-33-21(32)23-9-13(23)16(17(30)18(23)31)29-10-25-15-19(27-22(24)28-20(15)29)26-14(11-5-3-6-11)12-7-4-8-12/h10-14,16-18,30-31H,2-9H2,1H3,(H,26,27,28)/t13-,16-,17?,18?,23+/m1/s1. The predicted octanol–water partition coefficient (Wildman–Crippen LogP) is 2.71. The van der Waals surface area contributed by atoms with Crippen LogP contribution >= 0.6 is 11.6 Å². The maximum absolute atomic E-state index is 12.6. The van der Waals surface area contributed by atoms with Gasteiger partial charge in [0.15, 0.2) is 17.0 Å². The van der Waals surface area contributed by atoms with E-state index in [9.17, 15) is 15.0 Å². The molecule has 3 N–H and O–H groups in total. The Morgan fingerprint density at radius 3 is 2.58 bits per heavy atom. The maximum Gasteiger partial charge on any atom is 0.315 e. The first-order valence-corrected chi connectivity index (χ1v) is 12.5. The zero-order valence-corrected chi connectivity index (χ0v) is 19.4. The first-order valence-electron chi connectivity index (χ1n) is 12.2. The number of aliphatic hydroxyl groups is 2. The number of esters is 1. The number of fused-ring (bicyclic) bond motifs is 2. The Labute approximate surface area is 196 Å². The number of hydrogen-bond acceptors (Lipinski definition) is 8. The van der Waals surface area contributed by atoms with Crippen molar-refractivity contribution in [3.8, 4) is 0 Å². The summed E-state index contributed by atoms with van der Waals surface area (Å²) in [5.41, 5.74) is 0.0361. The minimum atomic E-state index is -1.19. The molecule has 4 saturated carbocycles. The van der Waals surface area contributed by atoms with Gasteiger partial charge in [-0.2, -0.15) is 9.97 Å². The number of halogens is 1. The number of carbonyl (C=O) groups is 1. The van der Waals surface area contributed by atoms with E-state index in [0.29, 0.717) is 41.3 Å². The monoisotopic (exact) mass is 475 g/mol. The largest absolute Gasteiger partial charge is 0.465 e. The van der Waals surface area contributed by atoms with Gasteiger partial charge in [0.1, 0.15) is 11.5 Å². The minimum absolute atomic E-state index is 0.105. The molecular weight excluding hydrogens is 446 g/mol. The van der Waals surface area contributed by atoms with E-state index >= 15 is 0 Å². The normalized spacial score (nSPS) is 33.6. The molecule has 2 unspecified atom stereocenters. The van der Waals surface area contributed by atoms with Crippen LogP contribution in [-0.4, -0.2) is 60.6 Å². The lowest BCUT2D eigenvalue weighted by Crippen LogP contribution is -2.42. The minimum Gasteiger partial charge on any atom is -0.465 e. The molecule has 4 fully saturated rings. The van der Waals surface area contributed by atoms with Crippen molar-refractivity contribution >= 4 is 34.6 Å². The SMILES string of the molecule is CCOC(=O)[C@@]12C[C@@H]1[C@@H](n1cnc3c(NC(C4CCC4)C4CCC4)nc(Cl)nc31)C(O)C2O. The van der Waals surface area contributed by atoms with Crippen LogP contribution in [0.3, 0.4) is 0 Å². The van der Waals surface area contributed by atoms with E-state index in [0.717, 1.165) is 0 Å². The quantitative estimate of drug-likeness (QED) is 0.412. The van der Waals surface area contributed by atoms with E-state index < -0.39 is 29.6 Å². The van der Waals surface area contributed by atoms with Crippen molar-refractivity contribution in [2.45, 2.75) is 76.2 Å². The number of hydrogen-bond donors (Lipinski definition) is 3. The number of rotatable bonds is 7. The number of nitrogens with one attached hydrogen (secondary N) is 1. The maximum atomic E-state index is 12.6. The van der Waals surface area contributed by atoms with Crippen molar-refractivity contribution < 1.29 is 19.7 Å². The van der Waals surface area contributed by atoms with Gasteiger partial charge in [0.2, 0.25) is 5.28 Å². The lowest BCUT2D eigenvalue weighted by atomic mass is 9.68. The van der Waals surface area contributed by atoms with E-state index in [-0.39, 0.29) is 17.8 Å². The number of anilines is 1. The summed E-state index contributed by atoms with van der Waals surface area (Å²) in [5, 5.41) is 25.4. The van der Waals surface area contributed by atoms with Crippen molar-refractivity contribution in [3.63, 3.8) is 0 Å². The molecular formula is C23H30ClN5O4. The molecule has 2 aromatic rings. The third-order valence-corrected chi connectivity index (χ3v) is 8.83. The average molecular weight is 476 g/mol. The Morgan fingerprint density at radius 2 is 1.97 bits per heavy atom. The molecule has 6 rings (SSSR count). The van der Waals surface area contributed by atoms with Crippen molar-refractivity contribution in [2.75, 3.05) is 11.9 Å². The summed E-state index contributed by atoms with van der Waals surface area (Å²) in [5.74, 6) is 1.21. The number of aliphatic hydroxyl groups excluding tert-OH is 2. The van der Waals surface area contributed by atoms with Gasteiger partial charge in [-0.05, 0) is 62.5 Å². The molecule has 0 aliphatic heterocycles. The van der Waals surface area contributed by atoms with Gasteiger partial charge >= 0.3 is 5.97 Å². The molecule has 4 aliphatic rings. The predicted molar refractivity (Wildman–Crippen MR) is 121 cm³/mol. The third kappa shape index (κ3) is 3.12. The number of nitrogens with zero attached hydrogens (tertiary/aromatic N) is 4. The number of imidazole rings is 1. The second-order valence-electron chi connectivity index (χ2n) is 10.2. The van der Waals surface area contributed by atoms with Gasteiger partial charge in [0.25, 0.3) is 0 Å². The number of carbonyl (C=O) groups excluding carboxylic acids is 1. The fourth-order valence-corrected chi connectivity index (χ4v) is 6.53. The van der Waals surface area contributed by atoms with Crippen LogP contribution in [0.4, 0.5) is 5.82 Å². The van der Waals surface area contributed by atoms with Crippen LogP contribution in [0.5, 0.6) is 0 Å². The van der Waals surface area contributed by atoms with E-state index in [4.69, 9.17) is 16.3 Å². The Morgan fingerprint density at radius 1 is 1.27 bits per heavy atom. The van der Waals surface area contributed by atoms with Crippen molar-refractivity contribution in [2.24, 2.45) is 23.2 Å². The van der Waals surface area contributed by atoms with Gasteiger partial charge in [-0.3, -0.25) is 4.79 Å². The van der Waals surface area contributed by atoms with Crippen LogP contribution in [0.2, 0.25) is 5.28 Å². The highest BCUT2D eigenvalue weighted by atomic mass is 35.5. The van der Waals surface area contributed by atoms with Gasteiger partial charge in [-0.25, -0.2) is 4.98 Å². The van der Waals surface area contributed by atoms with E-state index in [1.807, 2.05) is 0 Å². The molecule has 0 amide bonds. The van der Waals surface area contributed by atoms with Crippen LogP contribution < -0.4 is 5.32 Å². The summed E-state index contributed by atoms with van der Waals surface area (Å²) >= 11 is 6.34. The van der Waals surface area contributed by atoms with E-state index in [1.54, 1.807) is 17.8 Å². The Bertz CT molecular complexity index is 1070. The van der Waals surface area contributed by atoms with Crippen LogP contribution in [0.15, 0.2) is 6.33 Å². The molecule has 4 aliphatic carbocycles. The summed E-state index contributed by atoms with van der Waals surface area (Å²) in [6.07, 6.45) is 7.22. The van der Waals surface area contributed by atoms with Gasteiger partial charge in [-0.1, -0.05) is 12.8 Å². The highest BCUT2D eigenvalue weighted by molar-refractivity contribution is 6.28. The third-order valence-electron chi connectivity index (χ3n) is 8.66. The van der Waals surface area contributed by atoms with Crippen LogP contribution in [0, 0.1) is 23.2 Å². The molecule has 2 aromatic heterocycles. The van der Waals surface area contributed by atoms with Gasteiger partial charge in [0.05, 0.1) is 25.1 Å². The average Bonchev–Trinajstić information content (AvgIpc) is 3.24. The van der Waals surface area contributed by atoms with Gasteiger partial charge in [-0.15, -0.1) is 0 Å². The Balaban J connectivity index is 1.34. The van der Waals surface area contributed by atoms with Gasteiger partial charge in [0, 0.05) is 12.0 Å². The molecule has 33 heavy (non-hydrogen) atoms. The smallest absolute Gasteiger partial charge is 0.315 e. The zero-order valence-electron chi connectivity index (χ0n) is 18.7. The molecule has 5 atom stereocenters. The van der Waals surface area contributed by atoms with Crippen molar-refractivity contribution in [3.05, 3.63) is 11.6 Å². The molecule has 0 saturated heterocycles. The number of ether oxygens (including phenoxy) is 1. The summed E-state index contributed by atoms with van der Waals surface area (Å²) < 4.78 is 6.96. The fraction of sp³-hybridized carbons (Fsp3) is 0.739.